The quantitative estimate of drug-likeness (QED) is 0.558. The molecule has 0 radical (unpaired) electrons. The Labute approximate surface area is 89.4 Å². The second kappa shape index (κ2) is 5.43. The van der Waals surface area contributed by atoms with Crippen molar-refractivity contribution in [2.45, 2.75) is 32.3 Å². The molecule has 0 rings (SSSR count). The summed E-state index contributed by atoms with van der Waals surface area (Å²) in [4.78, 5) is 10.1. The summed E-state index contributed by atoms with van der Waals surface area (Å²) in [6, 6.07) is 0. The van der Waals surface area contributed by atoms with Gasteiger partial charge in [-0.2, -0.15) is 0 Å². The minimum Gasteiger partial charge on any atom is -0.481 e. The number of carboxylic acid groups (broad SMARTS) is 1. The van der Waals surface area contributed by atoms with Gasteiger partial charge < -0.3 is 10.2 Å². The fraction of sp³-hybridized carbons (Fsp3) is 0.875. The van der Waals surface area contributed by atoms with Crippen LogP contribution in [0.3, 0.4) is 0 Å². The van der Waals surface area contributed by atoms with Gasteiger partial charge in [-0.3, -0.25) is 4.79 Å². The fourth-order valence-electron chi connectivity index (χ4n) is 0.772. The van der Waals surface area contributed by atoms with Crippen molar-refractivity contribution >= 4 is 16.0 Å². The van der Waals surface area contributed by atoms with Crippen LogP contribution in [-0.4, -0.2) is 42.5 Å². The Morgan fingerprint density at radius 1 is 1.40 bits per heavy atom. The predicted molar refractivity (Wildman–Crippen MR) is 55.0 cm³/mol. The summed E-state index contributed by atoms with van der Waals surface area (Å²) in [5.41, 5.74) is -1.11. The molecule has 0 bridgehead atoms. The molecule has 0 spiro atoms. The molecule has 0 aliphatic rings. The molecule has 0 saturated carbocycles. The number of sulfonamides is 1. The summed E-state index contributed by atoms with van der Waals surface area (Å²) in [7, 11) is -3.48. The van der Waals surface area contributed by atoms with Crippen molar-refractivity contribution in [3.63, 3.8) is 0 Å². The van der Waals surface area contributed by atoms with Crippen LogP contribution in [0.1, 0.15) is 26.7 Å². The van der Waals surface area contributed by atoms with Gasteiger partial charge in [-0.25, -0.2) is 13.1 Å². The van der Waals surface area contributed by atoms with Gasteiger partial charge >= 0.3 is 5.97 Å². The number of hydrogen-bond acceptors (Lipinski definition) is 4. The molecule has 7 heteroatoms. The first kappa shape index (κ1) is 14.3. The van der Waals surface area contributed by atoms with Crippen LogP contribution in [0, 0.1) is 0 Å². The minimum atomic E-state index is -3.48. The second-order valence-electron chi connectivity index (χ2n) is 3.95. The molecule has 0 fully saturated rings. The van der Waals surface area contributed by atoms with E-state index in [1.165, 1.54) is 13.8 Å². The molecule has 0 heterocycles. The molecule has 0 unspecified atom stereocenters. The van der Waals surface area contributed by atoms with Crippen LogP contribution in [0.15, 0.2) is 0 Å². The van der Waals surface area contributed by atoms with Gasteiger partial charge in [-0.05, 0) is 20.3 Å². The first-order chi connectivity index (χ1) is 6.62. The van der Waals surface area contributed by atoms with Gasteiger partial charge in [0.15, 0.2) is 0 Å². The molecule has 90 valence electrons. The number of carbonyl (C=O) groups is 1. The number of aliphatic carboxylic acids is 1. The highest BCUT2D eigenvalue weighted by Crippen LogP contribution is 2.00. The van der Waals surface area contributed by atoms with E-state index in [1.807, 2.05) is 0 Å². The Bertz CT molecular complexity index is 303. The summed E-state index contributed by atoms with van der Waals surface area (Å²) in [6.45, 7) is 2.88. The Morgan fingerprint density at radius 3 is 2.33 bits per heavy atom. The van der Waals surface area contributed by atoms with E-state index in [-0.39, 0.29) is 25.1 Å². The van der Waals surface area contributed by atoms with Crippen molar-refractivity contribution in [2.75, 3.05) is 12.3 Å². The largest absolute Gasteiger partial charge is 0.481 e. The lowest BCUT2D eigenvalue weighted by Gasteiger charge is -2.17. The molecular weight excluding hydrogens is 222 g/mol. The van der Waals surface area contributed by atoms with E-state index in [4.69, 9.17) is 5.11 Å². The van der Waals surface area contributed by atoms with E-state index in [2.05, 4.69) is 4.72 Å². The lowest BCUT2D eigenvalue weighted by molar-refractivity contribution is -0.137. The van der Waals surface area contributed by atoms with Crippen LogP contribution < -0.4 is 4.72 Å². The maximum Gasteiger partial charge on any atom is 0.303 e. The van der Waals surface area contributed by atoms with Crippen LogP contribution in [0.4, 0.5) is 0 Å². The number of aliphatic hydroxyl groups is 1. The number of carboxylic acids is 1. The third kappa shape index (κ3) is 9.64. The Balaban J connectivity index is 3.94. The Kier molecular flexibility index (Phi) is 5.19. The minimum absolute atomic E-state index is 0.0660. The smallest absolute Gasteiger partial charge is 0.303 e. The Hall–Kier alpha value is -0.660. The molecule has 0 saturated heterocycles. The van der Waals surface area contributed by atoms with Crippen molar-refractivity contribution in [1.82, 2.24) is 4.72 Å². The predicted octanol–water partition coefficient (Wildman–Crippen LogP) is -0.458. The van der Waals surface area contributed by atoms with Crippen LogP contribution >= 0.6 is 0 Å². The molecule has 0 aliphatic carbocycles. The molecule has 15 heavy (non-hydrogen) atoms. The van der Waals surface area contributed by atoms with Crippen LogP contribution in [0.2, 0.25) is 0 Å². The number of hydrogen-bond donors (Lipinski definition) is 3. The lowest BCUT2D eigenvalue weighted by Crippen LogP contribution is -2.39. The first-order valence-electron chi connectivity index (χ1n) is 4.54. The van der Waals surface area contributed by atoms with E-state index in [1.54, 1.807) is 0 Å². The molecule has 3 N–H and O–H groups in total. The van der Waals surface area contributed by atoms with Crippen molar-refractivity contribution < 1.29 is 23.4 Å². The average molecular weight is 239 g/mol. The molecule has 0 aromatic rings. The third-order valence-electron chi connectivity index (χ3n) is 1.53. The monoisotopic (exact) mass is 239 g/mol. The summed E-state index contributed by atoms with van der Waals surface area (Å²) in [5, 5.41) is 17.6. The van der Waals surface area contributed by atoms with Crippen molar-refractivity contribution in [2.24, 2.45) is 0 Å². The standard InChI is InChI=1S/C8H17NO5S/c1-8(2,12)6-9-15(13,14)5-3-4-7(10)11/h9,12H,3-6H2,1-2H3,(H,10,11). The van der Waals surface area contributed by atoms with Gasteiger partial charge in [-0.15, -0.1) is 0 Å². The van der Waals surface area contributed by atoms with Gasteiger partial charge in [0.05, 0.1) is 11.4 Å². The van der Waals surface area contributed by atoms with Crippen LogP contribution in [0.5, 0.6) is 0 Å². The summed E-state index contributed by atoms with van der Waals surface area (Å²) < 4.78 is 24.7. The summed E-state index contributed by atoms with van der Waals surface area (Å²) in [6.07, 6.45) is -0.111. The topological polar surface area (TPSA) is 104 Å². The number of nitrogens with one attached hydrogen (secondary N) is 1. The van der Waals surface area contributed by atoms with Crippen molar-refractivity contribution in [3.8, 4) is 0 Å². The lowest BCUT2D eigenvalue weighted by atomic mass is 10.1. The second-order valence-corrected chi connectivity index (χ2v) is 5.88. The van der Waals surface area contributed by atoms with Crippen LogP contribution in [0.25, 0.3) is 0 Å². The van der Waals surface area contributed by atoms with Gasteiger partial charge in [-0.1, -0.05) is 0 Å². The SMILES string of the molecule is CC(C)(O)CNS(=O)(=O)CCCC(=O)O. The zero-order valence-electron chi connectivity index (χ0n) is 8.86. The average Bonchev–Trinajstić information content (AvgIpc) is 1.99. The summed E-state index contributed by atoms with van der Waals surface area (Å²) >= 11 is 0. The Morgan fingerprint density at radius 2 is 1.93 bits per heavy atom. The van der Waals surface area contributed by atoms with Gasteiger partial charge in [0.2, 0.25) is 10.0 Å². The van der Waals surface area contributed by atoms with E-state index < -0.39 is 21.6 Å². The molecule has 0 aromatic heterocycles. The highest BCUT2D eigenvalue weighted by molar-refractivity contribution is 7.89. The van der Waals surface area contributed by atoms with Crippen molar-refractivity contribution in [3.05, 3.63) is 0 Å². The van der Waals surface area contributed by atoms with E-state index in [9.17, 15) is 18.3 Å². The third-order valence-corrected chi connectivity index (χ3v) is 2.94. The molecule has 0 aliphatic heterocycles. The molecule has 0 amide bonds. The highest BCUT2D eigenvalue weighted by Gasteiger charge is 2.17. The van der Waals surface area contributed by atoms with E-state index in [0.29, 0.717) is 0 Å². The molecule has 6 nitrogen and oxygen atoms in total. The van der Waals surface area contributed by atoms with Crippen LogP contribution in [-0.2, 0) is 14.8 Å². The normalized spacial score (nSPS) is 12.7. The maximum absolute atomic E-state index is 11.2. The maximum atomic E-state index is 11.2. The molecule has 0 aromatic carbocycles. The summed E-state index contributed by atoms with van der Waals surface area (Å²) in [5.74, 6) is -1.26. The molecular formula is C8H17NO5S. The highest BCUT2D eigenvalue weighted by atomic mass is 32.2. The zero-order chi connectivity index (χ0) is 12.1. The number of rotatable bonds is 7. The zero-order valence-corrected chi connectivity index (χ0v) is 9.67. The van der Waals surface area contributed by atoms with Gasteiger partial charge in [0, 0.05) is 13.0 Å². The van der Waals surface area contributed by atoms with E-state index >= 15 is 0 Å². The fourth-order valence-corrected chi connectivity index (χ4v) is 2.01. The van der Waals surface area contributed by atoms with Gasteiger partial charge in [0.1, 0.15) is 0 Å². The van der Waals surface area contributed by atoms with E-state index in [0.717, 1.165) is 0 Å². The van der Waals surface area contributed by atoms with Gasteiger partial charge in [0.25, 0.3) is 0 Å². The first-order valence-corrected chi connectivity index (χ1v) is 6.19. The molecule has 0 atom stereocenters. The van der Waals surface area contributed by atoms with Crippen molar-refractivity contribution in [1.29, 1.82) is 0 Å².